The van der Waals surface area contributed by atoms with Gasteiger partial charge in [-0.05, 0) is 30.3 Å². The second-order valence-electron chi connectivity index (χ2n) is 4.46. The number of carboxylic acids is 1. The second-order valence-corrected chi connectivity index (χ2v) is 4.89. The number of aliphatic carboxylic acids is 1. The third kappa shape index (κ3) is 5.00. The number of hydrogen-bond donors (Lipinski definition) is 1. The molecule has 2 aromatic carbocycles. The summed E-state index contributed by atoms with van der Waals surface area (Å²) in [4.78, 5) is 12.7. The van der Waals surface area contributed by atoms with E-state index in [2.05, 4.69) is 0 Å². The van der Waals surface area contributed by atoms with Crippen LogP contribution in [0.1, 0.15) is 0 Å². The van der Waals surface area contributed by atoms with Gasteiger partial charge in [-0.1, -0.05) is 35.9 Å². The average molecular weight is 306 g/mol. The van der Waals surface area contributed by atoms with Gasteiger partial charge in [-0.15, -0.1) is 0 Å². The molecule has 0 heterocycles. The van der Waals surface area contributed by atoms with Gasteiger partial charge < -0.3 is 14.7 Å². The molecule has 0 aliphatic heterocycles. The molecule has 5 heteroatoms. The molecular weight excluding hydrogens is 290 g/mol. The number of rotatable bonds is 7. The minimum Gasteiger partial charge on any atom is -0.492 e. The first kappa shape index (κ1) is 15.2. The summed E-state index contributed by atoms with van der Waals surface area (Å²) in [7, 11) is 0. The van der Waals surface area contributed by atoms with E-state index in [-0.39, 0.29) is 6.54 Å². The molecule has 0 radical (unpaired) electrons. The molecule has 2 aromatic rings. The van der Waals surface area contributed by atoms with Crippen LogP contribution in [-0.4, -0.2) is 30.8 Å². The van der Waals surface area contributed by atoms with Gasteiger partial charge in [0.25, 0.3) is 0 Å². The highest BCUT2D eigenvalue weighted by Gasteiger charge is 2.11. The van der Waals surface area contributed by atoms with Crippen molar-refractivity contribution in [1.82, 2.24) is 0 Å². The summed E-state index contributed by atoms with van der Waals surface area (Å²) in [6, 6.07) is 16.5. The van der Waals surface area contributed by atoms with Crippen molar-refractivity contribution in [2.75, 3.05) is 24.6 Å². The van der Waals surface area contributed by atoms with Crippen LogP contribution in [0.15, 0.2) is 54.6 Å². The second kappa shape index (κ2) is 7.55. The Morgan fingerprint density at radius 2 is 1.90 bits per heavy atom. The fraction of sp³-hybridized carbons (Fsp3) is 0.188. The van der Waals surface area contributed by atoms with E-state index in [0.29, 0.717) is 18.2 Å². The largest absolute Gasteiger partial charge is 0.492 e. The van der Waals surface area contributed by atoms with Crippen LogP contribution < -0.4 is 9.64 Å². The molecule has 0 fully saturated rings. The average Bonchev–Trinajstić information content (AvgIpc) is 2.47. The van der Waals surface area contributed by atoms with Crippen LogP contribution in [0.3, 0.4) is 0 Å². The van der Waals surface area contributed by atoms with E-state index < -0.39 is 5.97 Å². The molecule has 1 N–H and O–H groups in total. The highest BCUT2D eigenvalue weighted by atomic mass is 35.5. The zero-order valence-electron chi connectivity index (χ0n) is 11.4. The summed E-state index contributed by atoms with van der Waals surface area (Å²) >= 11 is 5.95. The lowest BCUT2D eigenvalue weighted by Crippen LogP contribution is -2.33. The van der Waals surface area contributed by atoms with Gasteiger partial charge >= 0.3 is 5.97 Å². The molecule has 2 rings (SSSR count). The smallest absolute Gasteiger partial charge is 0.323 e. The maximum absolute atomic E-state index is 11.0. The molecule has 0 amide bonds. The Bertz CT molecular complexity index is 589. The number of ether oxygens (including phenoxy) is 1. The summed E-state index contributed by atoms with van der Waals surface area (Å²) in [6.45, 7) is 0.754. The zero-order valence-corrected chi connectivity index (χ0v) is 12.2. The van der Waals surface area contributed by atoms with Crippen molar-refractivity contribution in [1.29, 1.82) is 0 Å². The highest BCUT2D eigenvalue weighted by molar-refractivity contribution is 6.30. The van der Waals surface area contributed by atoms with Gasteiger partial charge in [0.1, 0.15) is 18.9 Å². The minimum atomic E-state index is -0.894. The molecule has 0 spiro atoms. The van der Waals surface area contributed by atoms with E-state index >= 15 is 0 Å². The Kier molecular flexibility index (Phi) is 5.46. The standard InChI is InChI=1S/C16H16ClNO3/c17-13-5-4-6-14(11-13)18(12-16(19)20)9-10-21-15-7-2-1-3-8-15/h1-8,11H,9-10,12H2,(H,19,20). The lowest BCUT2D eigenvalue weighted by atomic mass is 10.3. The Hall–Kier alpha value is -2.20. The lowest BCUT2D eigenvalue weighted by molar-refractivity contribution is -0.135. The Balaban J connectivity index is 1.98. The number of carboxylic acid groups (broad SMARTS) is 1. The zero-order chi connectivity index (χ0) is 15.1. The SMILES string of the molecule is O=C(O)CN(CCOc1ccccc1)c1cccc(Cl)c1. The first-order valence-electron chi connectivity index (χ1n) is 6.55. The molecule has 0 bridgehead atoms. The first-order chi connectivity index (χ1) is 10.1. The van der Waals surface area contributed by atoms with Crippen LogP contribution in [0.25, 0.3) is 0 Å². The van der Waals surface area contributed by atoms with Gasteiger partial charge in [0.2, 0.25) is 0 Å². The number of anilines is 1. The number of halogens is 1. The fourth-order valence-corrected chi connectivity index (χ4v) is 2.11. The molecular formula is C16H16ClNO3. The molecule has 0 saturated heterocycles. The molecule has 0 unspecified atom stereocenters. The summed E-state index contributed by atoms with van der Waals surface area (Å²) < 4.78 is 5.60. The quantitative estimate of drug-likeness (QED) is 0.852. The van der Waals surface area contributed by atoms with Crippen LogP contribution in [0.2, 0.25) is 5.02 Å². The summed E-state index contributed by atoms with van der Waals surface area (Å²) in [5.74, 6) is -0.131. The molecule has 0 aliphatic carbocycles. The van der Waals surface area contributed by atoms with Crippen LogP contribution in [0.4, 0.5) is 5.69 Å². The molecule has 110 valence electrons. The van der Waals surface area contributed by atoms with E-state index in [0.717, 1.165) is 11.4 Å². The molecule has 4 nitrogen and oxygen atoms in total. The number of para-hydroxylation sites is 1. The minimum absolute atomic E-state index is 0.0987. The van der Waals surface area contributed by atoms with Gasteiger partial charge in [0, 0.05) is 10.7 Å². The van der Waals surface area contributed by atoms with Crippen molar-refractivity contribution in [2.24, 2.45) is 0 Å². The van der Waals surface area contributed by atoms with Crippen LogP contribution in [0, 0.1) is 0 Å². The Morgan fingerprint density at radius 3 is 2.57 bits per heavy atom. The number of benzene rings is 2. The van der Waals surface area contributed by atoms with Crippen molar-refractivity contribution in [2.45, 2.75) is 0 Å². The fourth-order valence-electron chi connectivity index (χ4n) is 1.93. The van der Waals surface area contributed by atoms with E-state index in [4.69, 9.17) is 21.4 Å². The van der Waals surface area contributed by atoms with E-state index in [1.165, 1.54) is 0 Å². The van der Waals surface area contributed by atoms with Crippen molar-refractivity contribution in [3.63, 3.8) is 0 Å². The predicted octanol–water partition coefficient (Wildman–Crippen LogP) is 3.31. The maximum atomic E-state index is 11.0. The van der Waals surface area contributed by atoms with Crippen LogP contribution >= 0.6 is 11.6 Å². The van der Waals surface area contributed by atoms with Gasteiger partial charge in [0.05, 0.1) is 6.54 Å². The summed E-state index contributed by atoms with van der Waals surface area (Å²) in [5, 5.41) is 9.59. The van der Waals surface area contributed by atoms with Crippen molar-refractivity contribution < 1.29 is 14.6 Å². The Morgan fingerprint density at radius 1 is 1.14 bits per heavy atom. The van der Waals surface area contributed by atoms with E-state index in [9.17, 15) is 4.79 Å². The van der Waals surface area contributed by atoms with Crippen molar-refractivity contribution in [3.8, 4) is 5.75 Å². The third-order valence-electron chi connectivity index (χ3n) is 2.87. The molecule has 0 aromatic heterocycles. The third-order valence-corrected chi connectivity index (χ3v) is 3.11. The van der Waals surface area contributed by atoms with E-state index in [1.54, 1.807) is 23.1 Å². The topological polar surface area (TPSA) is 49.8 Å². The predicted molar refractivity (Wildman–Crippen MR) is 83.2 cm³/mol. The molecule has 0 aliphatic rings. The van der Waals surface area contributed by atoms with Crippen molar-refractivity contribution in [3.05, 3.63) is 59.6 Å². The maximum Gasteiger partial charge on any atom is 0.323 e. The molecule has 0 atom stereocenters. The summed E-state index contributed by atoms with van der Waals surface area (Å²) in [5.41, 5.74) is 0.765. The number of nitrogens with zero attached hydrogens (tertiary/aromatic N) is 1. The lowest BCUT2D eigenvalue weighted by Gasteiger charge is -2.23. The van der Waals surface area contributed by atoms with Gasteiger partial charge in [0.15, 0.2) is 0 Å². The van der Waals surface area contributed by atoms with Gasteiger partial charge in [-0.3, -0.25) is 4.79 Å². The molecule has 0 saturated carbocycles. The summed E-state index contributed by atoms with van der Waals surface area (Å²) in [6.07, 6.45) is 0. The van der Waals surface area contributed by atoms with Crippen LogP contribution in [0.5, 0.6) is 5.75 Å². The number of hydrogen-bond acceptors (Lipinski definition) is 3. The van der Waals surface area contributed by atoms with E-state index in [1.807, 2.05) is 36.4 Å². The van der Waals surface area contributed by atoms with Gasteiger partial charge in [-0.2, -0.15) is 0 Å². The normalized spacial score (nSPS) is 10.1. The van der Waals surface area contributed by atoms with Crippen LogP contribution in [-0.2, 0) is 4.79 Å². The highest BCUT2D eigenvalue weighted by Crippen LogP contribution is 2.19. The van der Waals surface area contributed by atoms with Gasteiger partial charge in [-0.25, -0.2) is 0 Å². The number of carbonyl (C=O) groups is 1. The Labute approximate surface area is 128 Å². The monoisotopic (exact) mass is 305 g/mol. The molecule has 21 heavy (non-hydrogen) atoms. The van der Waals surface area contributed by atoms with Crippen molar-refractivity contribution >= 4 is 23.3 Å². The first-order valence-corrected chi connectivity index (χ1v) is 6.93.